The van der Waals surface area contributed by atoms with E-state index in [2.05, 4.69) is 4.72 Å². The van der Waals surface area contributed by atoms with Crippen molar-refractivity contribution < 1.29 is 18.1 Å². The highest BCUT2D eigenvalue weighted by atomic mass is 35.5. The van der Waals surface area contributed by atoms with Crippen LogP contribution in [0.3, 0.4) is 0 Å². The molecule has 9 heteroatoms. The van der Waals surface area contributed by atoms with Gasteiger partial charge in [0.15, 0.2) is 0 Å². The van der Waals surface area contributed by atoms with E-state index >= 15 is 0 Å². The zero-order chi connectivity index (χ0) is 15.7. The summed E-state index contributed by atoms with van der Waals surface area (Å²) in [7, 11) is -2.35. The van der Waals surface area contributed by atoms with E-state index in [0.717, 1.165) is 24.6 Å². The van der Waals surface area contributed by atoms with E-state index in [1.807, 2.05) is 0 Å². The average Bonchev–Trinajstić information content (AvgIpc) is 2.35. The van der Waals surface area contributed by atoms with Gasteiger partial charge in [-0.3, -0.25) is 10.1 Å². The first-order chi connectivity index (χ1) is 9.80. The largest absolute Gasteiger partial charge is 0.383 e. The number of non-ortho nitro benzene ring substituents is 1. The first-order valence-electron chi connectivity index (χ1n) is 6.26. The number of benzene rings is 1. The van der Waals surface area contributed by atoms with E-state index in [0.29, 0.717) is 12.8 Å². The number of sulfonamides is 1. The summed E-state index contributed by atoms with van der Waals surface area (Å²) in [5.41, 5.74) is -0.868. The molecule has 0 amide bonds. The molecule has 1 aliphatic carbocycles. The molecular formula is C12H15ClN2O5S. The summed E-state index contributed by atoms with van der Waals surface area (Å²) < 4.78 is 32.5. The minimum absolute atomic E-state index is 0.169. The normalized spacial score (nSPS) is 17.2. The Bertz CT molecular complexity index is 658. The highest BCUT2D eigenvalue weighted by molar-refractivity contribution is 7.89. The van der Waals surface area contributed by atoms with Crippen molar-refractivity contribution in [3.05, 3.63) is 33.3 Å². The highest BCUT2D eigenvalue weighted by Gasteiger charge is 2.41. The van der Waals surface area contributed by atoms with Crippen molar-refractivity contribution in [2.24, 2.45) is 0 Å². The number of nitrogens with one attached hydrogen (secondary N) is 1. The molecule has 1 fully saturated rings. The zero-order valence-electron chi connectivity index (χ0n) is 11.3. The molecule has 0 spiro atoms. The van der Waals surface area contributed by atoms with Gasteiger partial charge in [-0.1, -0.05) is 11.6 Å². The number of halogens is 1. The minimum atomic E-state index is -3.86. The maximum atomic E-state index is 12.4. The van der Waals surface area contributed by atoms with E-state index in [1.165, 1.54) is 7.11 Å². The van der Waals surface area contributed by atoms with Crippen molar-refractivity contribution in [1.82, 2.24) is 4.72 Å². The van der Waals surface area contributed by atoms with Gasteiger partial charge >= 0.3 is 0 Å². The van der Waals surface area contributed by atoms with Crippen molar-refractivity contribution in [1.29, 1.82) is 0 Å². The average molecular weight is 335 g/mol. The van der Waals surface area contributed by atoms with E-state index in [4.69, 9.17) is 16.3 Å². The number of nitro benzene ring substituents is 1. The molecule has 1 N–H and O–H groups in total. The van der Waals surface area contributed by atoms with E-state index in [9.17, 15) is 18.5 Å². The fourth-order valence-electron chi connectivity index (χ4n) is 2.32. The van der Waals surface area contributed by atoms with Crippen molar-refractivity contribution in [2.45, 2.75) is 29.7 Å². The Balaban J connectivity index is 2.29. The van der Waals surface area contributed by atoms with Crippen LogP contribution in [0.5, 0.6) is 0 Å². The summed E-state index contributed by atoms with van der Waals surface area (Å²) in [6, 6.07) is 3.28. The van der Waals surface area contributed by atoms with Crippen LogP contribution in [0.4, 0.5) is 5.69 Å². The number of nitro groups is 1. The van der Waals surface area contributed by atoms with Gasteiger partial charge in [-0.15, -0.1) is 0 Å². The number of rotatable bonds is 6. The lowest BCUT2D eigenvalue weighted by Crippen LogP contribution is -2.56. The van der Waals surface area contributed by atoms with Gasteiger partial charge in [0.1, 0.15) is 4.90 Å². The summed E-state index contributed by atoms with van der Waals surface area (Å²) in [6.07, 6.45) is 2.29. The Labute approximate surface area is 127 Å². The fraction of sp³-hybridized carbons (Fsp3) is 0.500. The van der Waals surface area contributed by atoms with Crippen LogP contribution in [0.25, 0.3) is 0 Å². The molecule has 1 aliphatic rings. The van der Waals surface area contributed by atoms with Gasteiger partial charge in [0.2, 0.25) is 10.0 Å². The molecule has 1 aromatic rings. The lowest BCUT2D eigenvalue weighted by Gasteiger charge is -2.41. The van der Waals surface area contributed by atoms with Crippen LogP contribution < -0.4 is 4.72 Å². The third-order valence-corrected chi connectivity index (χ3v) is 5.56. The Kier molecular flexibility index (Phi) is 4.52. The van der Waals surface area contributed by atoms with Crippen LogP contribution in [-0.4, -0.2) is 32.6 Å². The second kappa shape index (κ2) is 5.88. The molecule has 0 atom stereocenters. The lowest BCUT2D eigenvalue weighted by molar-refractivity contribution is -0.384. The van der Waals surface area contributed by atoms with Gasteiger partial charge in [0.25, 0.3) is 5.69 Å². The van der Waals surface area contributed by atoms with Gasteiger partial charge in [0.05, 0.1) is 22.1 Å². The molecular weight excluding hydrogens is 320 g/mol. The SMILES string of the molecule is COCC1(NS(=O)(=O)c2ccc([N+](=O)[O-])cc2Cl)CCC1. The quantitative estimate of drug-likeness (QED) is 0.634. The molecule has 0 bridgehead atoms. The first kappa shape index (κ1) is 16.2. The topological polar surface area (TPSA) is 98.5 Å². The van der Waals surface area contributed by atoms with Crippen molar-refractivity contribution in [3.63, 3.8) is 0 Å². The second-order valence-corrected chi connectivity index (χ2v) is 7.10. The van der Waals surface area contributed by atoms with Crippen molar-refractivity contribution in [2.75, 3.05) is 13.7 Å². The monoisotopic (exact) mass is 334 g/mol. The maximum absolute atomic E-state index is 12.4. The fourth-order valence-corrected chi connectivity index (χ4v) is 4.30. The molecule has 1 aromatic carbocycles. The Morgan fingerprint density at radius 1 is 1.48 bits per heavy atom. The van der Waals surface area contributed by atoms with Crippen LogP contribution in [0.1, 0.15) is 19.3 Å². The van der Waals surface area contributed by atoms with Gasteiger partial charge in [0, 0.05) is 19.2 Å². The highest BCUT2D eigenvalue weighted by Crippen LogP contribution is 2.35. The van der Waals surface area contributed by atoms with Crippen LogP contribution in [-0.2, 0) is 14.8 Å². The molecule has 7 nitrogen and oxygen atoms in total. The van der Waals surface area contributed by atoms with E-state index in [1.54, 1.807) is 0 Å². The van der Waals surface area contributed by atoms with E-state index < -0.39 is 20.5 Å². The predicted molar refractivity (Wildman–Crippen MR) is 76.9 cm³/mol. The second-order valence-electron chi connectivity index (χ2n) is 5.04. The van der Waals surface area contributed by atoms with Crippen LogP contribution in [0.15, 0.2) is 23.1 Å². The molecule has 0 aromatic heterocycles. The molecule has 0 heterocycles. The summed E-state index contributed by atoms with van der Waals surface area (Å²) in [5, 5.41) is 10.5. The van der Waals surface area contributed by atoms with E-state index in [-0.39, 0.29) is 22.2 Å². The number of hydrogen-bond acceptors (Lipinski definition) is 5. The summed E-state index contributed by atoms with van der Waals surface area (Å²) in [6.45, 7) is 0.275. The number of ether oxygens (including phenoxy) is 1. The molecule has 116 valence electrons. The lowest BCUT2D eigenvalue weighted by atomic mass is 9.78. The Morgan fingerprint density at radius 3 is 2.57 bits per heavy atom. The molecule has 2 rings (SSSR count). The predicted octanol–water partition coefficient (Wildman–Crippen LogP) is 2.10. The summed E-state index contributed by atoms with van der Waals surface area (Å²) >= 11 is 5.87. The van der Waals surface area contributed by atoms with Gasteiger partial charge < -0.3 is 4.74 Å². The van der Waals surface area contributed by atoms with Crippen LogP contribution in [0.2, 0.25) is 5.02 Å². The number of methoxy groups -OCH3 is 1. The smallest absolute Gasteiger partial charge is 0.271 e. The van der Waals surface area contributed by atoms with Crippen LogP contribution >= 0.6 is 11.6 Å². The van der Waals surface area contributed by atoms with Gasteiger partial charge in [-0.05, 0) is 25.3 Å². The standard InChI is InChI=1S/C12H15ClN2O5S/c1-20-8-12(5-2-6-12)14-21(18,19)11-4-3-9(15(16)17)7-10(11)13/h3-4,7,14H,2,5-6,8H2,1H3. The first-order valence-corrected chi connectivity index (χ1v) is 8.13. The molecule has 0 saturated heterocycles. The summed E-state index contributed by atoms with van der Waals surface area (Å²) in [5.74, 6) is 0. The minimum Gasteiger partial charge on any atom is -0.383 e. The maximum Gasteiger partial charge on any atom is 0.271 e. The van der Waals surface area contributed by atoms with Crippen LogP contribution in [0, 0.1) is 10.1 Å². The summed E-state index contributed by atoms with van der Waals surface area (Å²) in [4.78, 5) is 9.85. The number of hydrogen-bond donors (Lipinski definition) is 1. The molecule has 0 unspecified atom stereocenters. The molecule has 21 heavy (non-hydrogen) atoms. The zero-order valence-corrected chi connectivity index (χ0v) is 12.9. The third kappa shape index (κ3) is 3.34. The Hall–Kier alpha value is -1.22. The molecule has 0 aliphatic heterocycles. The van der Waals surface area contributed by atoms with Gasteiger partial charge in [-0.2, -0.15) is 0 Å². The third-order valence-electron chi connectivity index (χ3n) is 3.50. The molecule has 1 saturated carbocycles. The molecule has 0 radical (unpaired) electrons. The Morgan fingerprint density at radius 2 is 2.14 bits per heavy atom. The van der Waals surface area contributed by atoms with Gasteiger partial charge in [-0.25, -0.2) is 13.1 Å². The van der Waals surface area contributed by atoms with Crippen molar-refractivity contribution >= 4 is 27.3 Å². The number of nitrogens with zero attached hydrogens (tertiary/aromatic N) is 1. The van der Waals surface area contributed by atoms with Crippen molar-refractivity contribution in [3.8, 4) is 0 Å².